The fraction of sp³-hybridized carbons (Fsp3) is 0.400. The normalized spacial score (nSPS) is 21.6. The third kappa shape index (κ3) is 4.43. The van der Waals surface area contributed by atoms with E-state index in [0.717, 1.165) is 22.3 Å². The van der Waals surface area contributed by atoms with Gasteiger partial charge >= 0.3 is 0 Å². The number of hydrogen-bond donors (Lipinski definition) is 1. The lowest BCUT2D eigenvalue weighted by Crippen LogP contribution is -2.59. The Balaban J connectivity index is 1.53. The molecule has 2 aromatic carbocycles. The van der Waals surface area contributed by atoms with Crippen molar-refractivity contribution in [3.63, 3.8) is 0 Å². The molecule has 0 aliphatic carbocycles. The number of likely N-dealkylation sites (N-methyl/N-ethyl adjacent to an activating group) is 1. The van der Waals surface area contributed by atoms with Crippen molar-refractivity contribution in [1.29, 1.82) is 0 Å². The van der Waals surface area contributed by atoms with Gasteiger partial charge in [-0.05, 0) is 44.0 Å². The van der Waals surface area contributed by atoms with Crippen molar-refractivity contribution in [2.75, 3.05) is 20.1 Å². The molecular weight excluding hydrogens is 426 g/mol. The van der Waals surface area contributed by atoms with Crippen molar-refractivity contribution < 1.29 is 14.4 Å². The summed E-state index contributed by atoms with van der Waals surface area (Å²) in [6, 6.07) is 13.7. The summed E-state index contributed by atoms with van der Waals surface area (Å²) in [5.74, 6) is -0.825. The van der Waals surface area contributed by atoms with E-state index >= 15 is 0 Å². The predicted molar refractivity (Wildman–Crippen MR) is 124 cm³/mol. The monoisotopic (exact) mass is 453 g/mol. The minimum absolute atomic E-state index is 0.0577. The Hall–Kier alpha value is -2.70. The van der Waals surface area contributed by atoms with Crippen LogP contribution < -0.4 is 5.32 Å². The number of hydrogen-bond acceptors (Lipinski definition) is 4. The summed E-state index contributed by atoms with van der Waals surface area (Å²) in [6.07, 6.45) is 0.773. The van der Waals surface area contributed by atoms with Gasteiger partial charge in [-0.15, -0.1) is 0 Å². The van der Waals surface area contributed by atoms with Gasteiger partial charge in [-0.2, -0.15) is 0 Å². The van der Waals surface area contributed by atoms with Gasteiger partial charge in [0.1, 0.15) is 0 Å². The summed E-state index contributed by atoms with van der Waals surface area (Å²) in [4.78, 5) is 40.3. The first-order chi connectivity index (χ1) is 15.2. The number of amides is 3. The van der Waals surface area contributed by atoms with Gasteiger partial charge in [-0.3, -0.25) is 24.6 Å². The molecule has 2 saturated heterocycles. The van der Waals surface area contributed by atoms with E-state index in [1.54, 1.807) is 0 Å². The predicted octanol–water partition coefficient (Wildman–Crippen LogP) is 3.58. The van der Waals surface area contributed by atoms with E-state index in [9.17, 15) is 14.4 Å². The lowest BCUT2D eigenvalue weighted by molar-refractivity contribution is -0.141. The quantitative estimate of drug-likeness (QED) is 0.718. The highest BCUT2D eigenvalue weighted by Gasteiger charge is 2.35. The average molecular weight is 454 g/mol. The van der Waals surface area contributed by atoms with Crippen molar-refractivity contribution in [3.8, 4) is 11.1 Å². The van der Waals surface area contributed by atoms with Gasteiger partial charge in [0.05, 0.1) is 17.5 Å². The van der Waals surface area contributed by atoms with Gasteiger partial charge in [-0.1, -0.05) is 54.1 Å². The highest BCUT2D eigenvalue weighted by Crippen LogP contribution is 2.37. The summed E-state index contributed by atoms with van der Waals surface area (Å²) in [5.41, 5.74) is 3.52. The maximum Gasteiger partial charge on any atom is 0.237 e. The number of carbonyl (C=O) groups is 3. The Labute approximate surface area is 193 Å². The molecule has 32 heavy (non-hydrogen) atoms. The average Bonchev–Trinajstić information content (AvgIpc) is 2.73. The second kappa shape index (κ2) is 8.68. The highest BCUT2D eigenvalue weighted by atomic mass is 35.5. The fourth-order valence-corrected chi connectivity index (χ4v) is 4.75. The molecule has 2 aromatic rings. The van der Waals surface area contributed by atoms with E-state index in [-0.39, 0.29) is 23.3 Å². The minimum Gasteiger partial charge on any atom is -0.335 e. The lowest BCUT2D eigenvalue weighted by atomic mass is 9.88. The summed E-state index contributed by atoms with van der Waals surface area (Å²) in [7, 11) is 1.98. The third-order valence-corrected chi connectivity index (χ3v) is 7.04. The van der Waals surface area contributed by atoms with Crippen LogP contribution >= 0.6 is 11.6 Å². The molecule has 1 N–H and O–H groups in total. The molecule has 0 spiro atoms. The van der Waals surface area contributed by atoms with Gasteiger partial charge < -0.3 is 4.90 Å². The van der Waals surface area contributed by atoms with Gasteiger partial charge in [0.2, 0.25) is 17.7 Å². The molecule has 2 fully saturated rings. The molecule has 1 unspecified atom stereocenters. The van der Waals surface area contributed by atoms with Crippen LogP contribution in [-0.4, -0.2) is 53.2 Å². The van der Waals surface area contributed by atoms with E-state index in [1.807, 2.05) is 54.4 Å². The number of nitrogens with zero attached hydrogens (tertiary/aromatic N) is 2. The molecule has 7 heteroatoms. The number of nitrogens with one attached hydrogen (secondary N) is 1. The minimum atomic E-state index is -0.425. The first-order valence-corrected chi connectivity index (χ1v) is 11.2. The highest BCUT2D eigenvalue weighted by molar-refractivity contribution is 6.34. The molecule has 6 nitrogen and oxygen atoms in total. The second-order valence-corrected chi connectivity index (χ2v) is 9.71. The smallest absolute Gasteiger partial charge is 0.237 e. The van der Waals surface area contributed by atoms with Crippen LogP contribution in [0.5, 0.6) is 0 Å². The Morgan fingerprint density at radius 3 is 2.50 bits per heavy atom. The Morgan fingerprint density at radius 1 is 1.09 bits per heavy atom. The molecule has 3 amide bonds. The van der Waals surface area contributed by atoms with Crippen molar-refractivity contribution in [2.24, 2.45) is 0 Å². The molecular formula is C25H28ClN3O3. The van der Waals surface area contributed by atoms with Crippen molar-refractivity contribution in [3.05, 3.63) is 58.6 Å². The Morgan fingerprint density at radius 2 is 1.81 bits per heavy atom. The van der Waals surface area contributed by atoms with Gasteiger partial charge in [0.25, 0.3) is 0 Å². The van der Waals surface area contributed by atoms with Crippen molar-refractivity contribution in [1.82, 2.24) is 15.1 Å². The van der Waals surface area contributed by atoms with Crippen LogP contribution in [0.4, 0.5) is 0 Å². The molecule has 2 aliphatic heterocycles. The molecule has 2 heterocycles. The lowest BCUT2D eigenvalue weighted by Gasteiger charge is -2.44. The van der Waals surface area contributed by atoms with E-state index in [0.29, 0.717) is 37.5 Å². The van der Waals surface area contributed by atoms with Crippen LogP contribution in [-0.2, 0) is 20.9 Å². The summed E-state index contributed by atoms with van der Waals surface area (Å²) < 4.78 is 0. The first kappa shape index (κ1) is 22.5. The number of rotatable bonds is 4. The molecule has 168 valence electrons. The maximum absolute atomic E-state index is 12.5. The summed E-state index contributed by atoms with van der Waals surface area (Å²) in [6.45, 7) is 5.97. The summed E-state index contributed by atoms with van der Waals surface area (Å²) in [5, 5.41) is 2.93. The number of imide groups is 1. The van der Waals surface area contributed by atoms with Crippen LogP contribution in [0.2, 0.25) is 5.02 Å². The van der Waals surface area contributed by atoms with Crippen LogP contribution in [0.1, 0.15) is 43.7 Å². The largest absolute Gasteiger partial charge is 0.335 e. The Bertz CT molecular complexity index is 1060. The number of piperazine rings is 1. The zero-order valence-corrected chi connectivity index (χ0v) is 19.4. The fourth-order valence-electron chi connectivity index (χ4n) is 4.38. The standard InChI is InChI=1S/C25H28ClN3O3/c1-25(2)15-29(22(31)14-28(25)3)13-16-7-9-17(10-8-16)18-5-4-6-19(23(18)26)20-11-12-21(30)27-24(20)32/h4-10,20H,11-15H2,1-3H3,(H,27,30,32). The van der Waals surface area contributed by atoms with E-state index in [4.69, 9.17) is 11.6 Å². The zero-order chi connectivity index (χ0) is 23.0. The number of piperidine rings is 1. The SMILES string of the molecule is CN1CC(=O)N(Cc2ccc(-c3cccc(C4CCC(=O)NC4=O)c3Cl)cc2)CC1(C)C. The molecule has 1 atom stereocenters. The topological polar surface area (TPSA) is 69.7 Å². The molecule has 2 aliphatic rings. The van der Waals surface area contributed by atoms with Crippen LogP contribution in [0, 0.1) is 0 Å². The third-order valence-electron chi connectivity index (χ3n) is 6.62. The first-order valence-electron chi connectivity index (χ1n) is 10.9. The number of halogens is 1. The van der Waals surface area contributed by atoms with Gasteiger partial charge in [0.15, 0.2) is 0 Å². The molecule has 4 rings (SSSR count). The summed E-state index contributed by atoms with van der Waals surface area (Å²) >= 11 is 6.72. The maximum atomic E-state index is 12.5. The van der Waals surface area contributed by atoms with Crippen molar-refractivity contribution in [2.45, 2.75) is 44.7 Å². The number of carbonyl (C=O) groups excluding carboxylic acids is 3. The van der Waals surface area contributed by atoms with E-state index < -0.39 is 5.92 Å². The van der Waals surface area contributed by atoms with Gasteiger partial charge in [0, 0.05) is 30.6 Å². The second-order valence-electron chi connectivity index (χ2n) is 9.33. The van der Waals surface area contributed by atoms with Crippen LogP contribution in [0.25, 0.3) is 11.1 Å². The van der Waals surface area contributed by atoms with Crippen molar-refractivity contribution >= 4 is 29.3 Å². The van der Waals surface area contributed by atoms with Crippen LogP contribution in [0.15, 0.2) is 42.5 Å². The number of benzene rings is 2. The molecule has 0 radical (unpaired) electrons. The van der Waals surface area contributed by atoms with Crippen LogP contribution in [0.3, 0.4) is 0 Å². The molecule has 0 saturated carbocycles. The van der Waals surface area contributed by atoms with E-state index in [2.05, 4.69) is 24.1 Å². The van der Waals surface area contributed by atoms with E-state index in [1.165, 1.54) is 0 Å². The van der Waals surface area contributed by atoms with Gasteiger partial charge in [-0.25, -0.2) is 0 Å². The molecule has 0 aromatic heterocycles. The zero-order valence-electron chi connectivity index (χ0n) is 18.7. The molecule has 0 bridgehead atoms. The Kier molecular flexibility index (Phi) is 6.10.